The lowest BCUT2D eigenvalue weighted by atomic mass is 10.1. The fraction of sp³-hybridized carbons (Fsp3) is 0.625. The topological polar surface area (TPSA) is 32.5 Å². The van der Waals surface area contributed by atoms with E-state index in [4.69, 9.17) is 5.73 Å². The lowest BCUT2D eigenvalue weighted by Crippen LogP contribution is -2.34. The molecule has 0 radical (unpaired) electrons. The fourth-order valence-corrected chi connectivity index (χ4v) is 3.05. The number of nitrogens with zero attached hydrogens (tertiary/aromatic N) is 2. The van der Waals surface area contributed by atoms with Crippen LogP contribution in [0.3, 0.4) is 0 Å². The second kappa shape index (κ2) is 5.93. The maximum atomic E-state index is 5.84. The molecule has 19 heavy (non-hydrogen) atoms. The smallest absolute Gasteiger partial charge is 0.0367 e. The summed E-state index contributed by atoms with van der Waals surface area (Å²) in [7, 11) is 4.35. The minimum absolute atomic E-state index is 0.232. The van der Waals surface area contributed by atoms with Gasteiger partial charge in [0.2, 0.25) is 0 Å². The van der Waals surface area contributed by atoms with Gasteiger partial charge in [0.1, 0.15) is 0 Å². The number of likely N-dealkylation sites (N-methyl/N-ethyl adjacent to an activating group) is 1. The van der Waals surface area contributed by atoms with Crippen LogP contribution in [0.2, 0.25) is 0 Å². The van der Waals surface area contributed by atoms with Gasteiger partial charge in [0.05, 0.1) is 0 Å². The molecule has 1 aliphatic rings. The predicted octanol–water partition coefficient (Wildman–Crippen LogP) is 1.96. The van der Waals surface area contributed by atoms with Gasteiger partial charge in [0.25, 0.3) is 0 Å². The van der Waals surface area contributed by atoms with Crippen molar-refractivity contribution >= 4 is 5.69 Å². The molecule has 0 aliphatic carbocycles. The van der Waals surface area contributed by atoms with Crippen molar-refractivity contribution in [1.29, 1.82) is 0 Å². The third-order valence-corrected chi connectivity index (χ3v) is 4.10. The first-order chi connectivity index (χ1) is 8.97. The second-order valence-electron chi connectivity index (χ2n) is 6.26. The van der Waals surface area contributed by atoms with E-state index < -0.39 is 0 Å². The maximum Gasteiger partial charge on any atom is 0.0367 e. The van der Waals surface area contributed by atoms with Crippen LogP contribution in [0.1, 0.15) is 19.4 Å². The van der Waals surface area contributed by atoms with Crippen molar-refractivity contribution in [3.63, 3.8) is 0 Å². The van der Waals surface area contributed by atoms with Crippen LogP contribution >= 0.6 is 0 Å². The standard InChI is InChI=1S/C16H27N3/c1-12-10-19(11-16(12)18(3)4)15-7-5-14(6-8-15)9-13(2)17/h5-8,12-13,16H,9-11,17H2,1-4H3. The highest BCUT2D eigenvalue weighted by Crippen LogP contribution is 2.26. The molecule has 3 heteroatoms. The molecule has 3 unspecified atom stereocenters. The van der Waals surface area contributed by atoms with Gasteiger partial charge in [-0.3, -0.25) is 0 Å². The van der Waals surface area contributed by atoms with Crippen molar-refractivity contribution in [3.05, 3.63) is 29.8 Å². The number of nitrogens with two attached hydrogens (primary N) is 1. The summed E-state index contributed by atoms with van der Waals surface area (Å²) in [4.78, 5) is 4.83. The van der Waals surface area contributed by atoms with Crippen LogP contribution in [-0.4, -0.2) is 44.2 Å². The van der Waals surface area contributed by atoms with E-state index >= 15 is 0 Å². The summed E-state index contributed by atoms with van der Waals surface area (Å²) < 4.78 is 0. The molecule has 0 aromatic heterocycles. The van der Waals surface area contributed by atoms with E-state index in [1.165, 1.54) is 11.3 Å². The van der Waals surface area contributed by atoms with Gasteiger partial charge in [-0.15, -0.1) is 0 Å². The van der Waals surface area contributed by atoms with Crippen molar-refractivity contribution in [2.45, 2.75) is 32.4 Å². The first kappa shape index (κ1) is 14.4. The lowest BCUT2D eigenvalue weighted by Gasteiger charge is -2.23. The first-order valence-electron chi connectivity index (χ1n) is 7.23. The summed E-state index contributed by atoms with van der Waals surface area (Å²) in [6, 6.07) is 9.79. The van der Waals surface area contributed by atoms with E-state index in [1.807, 2.05) is 0 Å². The summed E-state index contributed by atoms with van der Waals surface area (Å²) in [5.41, 5.74) is 8.50. The van der Waals surface area contributed by atoms with Gasteiger partial charge in [0, 0.05) is 30.9 Å². The van der Waals surface area contributed by atoms with Gasteiger partial charge in [-0.25, -0.2) is 0 Å². The minimum Gasteiger partial charge on any atom is -0.370 e. The Kier molecular flexibility index (Phi) is 4.48. The van der Waals surface area contributed by atoms with Gasteiger partial charge >= 0.3 is 0 Å². The van der Waals surface area contributed by atoms with E-state index in [2.05, 4.69) is 62.0 Å². The molecule has 0 bridgehead atoms. The zero-order valence-corrected chi connectivity index (χ0v) is 12.6. The molecule has 1 heterocycles. The molecular weight excluding hydrogens is 234 g/mol. The molecule has 1 saturated heterocycles. The van der Waals surface area contributed by atoms with Crippen LogP contribution in [0.5, 0.6) is 0 Å². The van der Waals surface area contributed by atoms with E-state index in [0.29, 0.717) is 6.04 Å². The van der Waals surface area contributed by atoms with Gasteiger partial charge in [0.15, 0.2) is 0 Å². The summed E-state index contributed by atoms with van der Waals surface area (Å²) in [5.74, 6) is 0.721. The average Bonchev–Trinajstić information content (AvgIpc) is 2.71. The zero-order valence-electron chi connectivity index (χ0n) is 12.6. The molecule has 3 nitrogen and oxygen atoms in total. The van der Waals surface area contributed by atoms with Gasteiger partial charge in [-0.05, 0) is 51.1 Å². The minimum atomic E-state index is 0.232. The summed E-state index contributed by atoms with van der Waals surface area (Å²) in [6.07, 6.45) is 0.955. The third-order valence-electron chi connectivity index (χ3n) is 4.10. The number of rotatable bonds is 4. The van der Waals surface area contributed by atoms with Crippen LogP contribution in [0.25, 0.3) is 0 Å². The summed E-state index contributed by atoms with van der Waals surface area (Å²) in [5, 5.41) is 0. The van der Waals surface area contributed by atoms with Crippen molar-refractivity contribution < 1.29 is 0 Å². The average molecular weight is 261 g/mol. The molecule has 2 rings (SSSR count). The molecule has 1 aromatic rings. The molecule has 2 N–H and O–H groups in total. The van der Waals surface area contributed by atoms with Gasteiger partial charge in [-0.2, -0.15) is 0 Å². The molecule has 0 spiro atoms. The monoisotopic (exact) mass is 261 g/mol. The van der Waals surface area contributed by atoms with Crippen LogP contribution in [0.15, 0.2) is 24.3 Å². The number of hydrogen-bond acceptors (Lipinski definition) is 3. The Balaban J connectivity index is 2.03. The Bertz CT molecular complexity index is 397. The summed E-state index contributed by atoms with van der Waals surface area (Å²) in [6.45, 7) is 6.67. The zero-order chi connectivity index (χ0) is 14.0. The molecule has 0 amide bonds. The molecule has 3 atom stereocenters. The lowest BCUT2D eigenvalue weighted by molar-refractivity contribution is 0.266. The van der Waals surface area contributed by atoms with Crippen molar-refractivity contribution in [3.8, 4) is 0 Å². The highest BCUT2D eigenvalue weighted by atomic mass is 15.2. The van der Waals surface area contributed by atoms with E-state index in [0.717, 1.165) is 25.4 Å². The van der Waals surface area contributed by atoms with Gasteiger partial charge in [-0.1, -0.05) is 19.1 Å². The maximum absolute atomic E-state index is 5.84. The molecule has 106 valence electrons. The number of anilines is 1. The highest BCUT2D eigenvalue weighted by Gasteiger charge is 2.30. The molecule has 0 saturated carbocycles. The SMILES string of the molecule is CC(N)Cc1ccc(N2CC(C)C(N(C)C)C2)cc1. The van der Waals surface area contributed by atoms with Crippen LogP contribution in [0, 0.1) is 5.92 Å². The van der Waals surface area contributed by atoms with Crippen molar-refractivity contribution in [1.82, 2.24) is 4.90 Å². The van der Waals surface area contributed by atoms with Crippen LogP contribution in [-0.2, 0) is 6.42 Å². The Morgan fingerprint density at radius 1 is 1.26 bits per heavy atom. The normalized spacial score (nSPS) is 25.1. The van der Waals surface area contributed by atoms with Crippen LogP contribution < -0.4 is 10.6 Å². The quantitative estimate of drug-likeness (QED) is 0.899. The van der Waals surface area contributed by atoms with E-state index in [1.54, 1.807) is 0 Å². The molecule has 1 aliphatic heterocycles. The molecule has 1 aromatic carbocycles. The van der Waals surface area contributed by atoms with Crippen LogP contribution in [0.4, 0.5) is 5.69 Å². The van der Waals surface area contributed by atoms with E-state index in [9.17, 15) is 0 Å². The Morgan fingerprint density at radius 3 is 2.37 bits per heavy atom. The predicted molar refractivity (Wildman–Crippen MR) is 82.6 cm³/mol. The molecular formula is C16H27N3. The Labute approximate surface area is 117 Å². The second-order valence-corrected chi connectivity index (χ2v) is 6.26. The van der Waals surface area contributed by atoms with E-state index in [-0.39, 0.29) is 6.04 Å². The highest BCUT2D eigenvalue weighted by molar-refractivity contribution is 5.49. The Hall–Kier alpha value is -1.06. The number of benzene rings is 1. The summed E-state index contributed by atoms with van der Waals surface area (Å²) >= 11 is 0. The third kappa shape index (κ3) is 3.48. The Morgan fingerprint density at radius 2 is 1.89 bits per heavy atom. The largest absolute Gasteiger partial charge is 0.370 e. The first-order valence-corrected chi connectivity index (χ1v) is 7.23. The fourth-order valence-electron chi connectivity index (χ4n) is 3.05. The van der Waals surface area contributed by atoms with Crippen molar-refractivity contribution in [2.75, 3.05) is 32.1 Å². The molecule has 1 fully saturated rings. The van der Waals surface area contributed by atoms with Crippen molar-refractivity contribution in [2.24, 2.45) is 11.7 Å². The van der Waals surface area contributed by atoms with Gasteiger partial charge < -0.3 is 15.5 Å². The number of hydrogen-bond donors (Lipinski definition) is 1.